The number of nitrogens with one attached hydrogen (secondary N) is 1. The molecule has 2 aliphatic carbocycles. The normalized spacial score (nSPS) is 29.6. The van der Waals surface area contributed by atoms with Crippen LogP contribution in [0.25, 0.3) is 0 Å². The van der Waals surface area contributed by atoms with Crippen molar-refractivity contribution in [2.45, 2.75) is 45.1 Å². The number of rotatable bonds is 5. The topological polar surface area (TPSA) is 66.4 Å². The minimum atomic E-state index is -1.09. The standard InChI is InChI=1S/C14H21NO3/c1-3-14(4-2,13(17)18)15-12(16)11-8-9-5-6-10(11)7-9/h5-6,9-11H,3-4,7-8H2,1-2H3,(H,15,16)(H,17,18). The molecule has 18 heavy (non-hydrogen) atoms. The maximum absolute atomic E-state index is 12.3. The molecule has 0 aromatic rings. The Morgan fingerprint density at radius 2 is 1.94 bits per heavy atom. The number of allylic oxidation sites excluding steroid dienone is 2. The summed E-state index contributed by atoms with van der Waals surface area (Å²) in [4.78, 5) is 23.6. The molecule has 0 aromatic carbocycles. The molecule has 2 N–H and O–H groups in total. The van der Waals surface area contributed by atoms with E-state index in [0.29, 0.717) is 24.7 Å². The summed E-state index contributed by atoms with van der Waals surface area (Å²) in [6.07, 6.45) is 7.05. The van der Waals surface area contributed by atoms with Crippen LogP contribution < -0.4 is 5.32 Å². The van der Waals surface area contributed by atoms with Crippen molar-refractivity contribution in [2.75, 3.05) is 0 Å². The van der Waals surface area contributed by atoms with Crippen molar-refractivity contribution in [1.82, 2.24) is 5.32 Å². The lowest BCUT2D eigenvalue weighted by molar-refractivity contribution is -0.149. The maximum atomic E-state index is 12.3. The third kappa shape index (κ3) is 2.04. The third-order valence-electron chi connectivity index (χ3n) is 4.59. The summed E-state index contributed by atoms with van der Waals surface area (Å²) >= 11 is 0. The molecule has 2 bridgehead atoms. The van der Waals surface area contributed by atoms with Crippen LogP contribution in [0, 0.1) is 17.8 Å². The lowest BCUT2D eigenvalue weighted by Crippen LogP contribution is -2.55. The smallest absolute Gasteiger partial charge is 0.329 e. The van der Waals surface area contributed by atoms with Crippen LogP contribution >= 0.6 is 0 Å². The van der Waals surface area contributed by atoms with Gasteiger partial charge in [0.15, 0.2) is 0 Å². The van der Waals surface area contributed by atoms with E-state index in [4.69, 9.17) is 0 Å². The van der Waals surface area contributed by atoms with Gasteiger partial charge in [-0.15, -0.1) is 0 Å². The van der Waals surface area contributed by atoms with Gasteiger partial charge < -0.3 is 10.4 Å². The summed E-state index contributed by atoms with van der Waals surface area (Å²) in [6.45, 7) is 3.61. The number of hydrogen-bond acceptors (Lipinski definition) is 2. The molecule has 2 aliphatic rings. The van der Waals surface area contributed by atoms with Gasteiger partial charge in [0.1, 0.15) is 5.54 Å². The van der Waals surface area contributed by atoms with E-state index >= 15 is 0 Å². The molecule has 3 unspecified atom stereocenters. The highest BCUT2D eigenvalue weighted by Crippen LogP contribution is 2.43. The van der Waals surface area contributed by atoms with Gasteiger partial charge in [-0.3, -0.25) is 4.79 Å². The van der Waals surface area contributed by atoms with E-state index in [2.05, 4.69) is 17.5 Å². The van der Waals surface area contributed by atoms with Crippen molar-refractivity contribution in [1.29, 1.82) is 0 Å². The molecule has 1 amide bonds. The SMILES string of the molecule is CCC(CC)(NC(=O)C1CC2C=CC1C2)C(=O)O. The highest BCUT2D eigenvalue weighted by Gasteiger charge is 2.43. The average Bonchev–Trinajstić information content (AvgIpc) is 2.97. The van der Waals surface area contributed by atoms with E-state index in [1.807, 2.05) is 0 Å². The van der Waals surface area contributed by atoms with E-state index < -0.39 is 11.5 Å². The van der Waals surface area contributed by atoms with Crippen LogP contribution in [-0.2, 0) is 9.59 Å². The van der Waals surface area contributed by atoms with Crippen molar-refractivity contribution in [3.63, 3.8) is 0 Å². The largest absolute Gasteiger partial charge is 0.480 e. The Morgan fingerprint density at radius 3 is 2.33 bits per heavy atom. The highest BCUT2D eigenvalue weighted by atomic mass is 16.4. The molecule has 100 valence electrons. The van der Waals surface area contributed by atoms with E-state index in [1.165, 1.54) is 0 Å². The number of hydrogen-bond donors (Lipinski definition) is 2. The summed E-state index contributed by atoms with van der Waals surface area (Å²) in [5.74, 6) is -0.210. The van der Waals surface area contributed by atoms with Gasteiger partial charge in [0.25, 0.3) is 0 Å². The maximum Gasteiger partial charge on any atom is 0.329 e. The Bertz CT molecular complexity index is 385. The zero-order valence-corrected chi connectivity index (χ0v) is 11.0. The Hall–Kier alpha value is -1.32. The molecule has 0 aliphatic heterocycles. The van der Waals surface area contributed by atoms with Crippen molar-refractivity contribution >= 4 is 11.9 Å². The predicted molar refractivity (Wildman–Crippen MR) is 67.9 cm³/mol. The second kappa shape index (κ2) is 4.75. The van der Waals surface area contributed by atoms with Crippen molar-refractivity contribution in [3.05, 3.63) is 12.2 Å². The first-order valence-electron chi connectivity index (χ1n) is 6.76. The molecule has 0 radical (unpaired) electrons. The fourth-order valence-corrected chi connectivity index (χ4v) is 3.19. The van der Waals surface area contributed by atoms with Crippen LogP contribution in [-0.4, -0.2) is 22.5 Å². The second-order valence-electron chi connectivity index (χ2n) is 5.47. The van der Waals surface area contributed by atoms with Crippen molar-refractivity contribution in [3.8, 4) is 0 Å². The molecule has 2 rings (SSSR count). The molecule has 4 nitrogen and oxygen atoms in total. The van der Waals surface area contributed by atoms with Gasteiger partial charge in [0.05, 0.1) is 0 Å². The summed E-state index contributed by atoms with van der Waals surface area (Å²) in [5, 5.41) is 12.1. The van der Waals surface area contributed by atoms with Crippen molar-refractivity contribution < 1.29 is 14.7 Å². The fourth-order valence-electron chi connectivity index (χ4n) is 3.19. The van der Waals surface area contributed by atoms with Crippen LogP contribution in [0.1, 0.15) is 39.5 Å². The summed E-state index contributed by atoms with van der Waals surface area (Å²) in [5.41, 5.74) is -1.09. The number of carbonyl (C=O) groups excluding carboxylic acids is 1. The lowest BCUT2D eigenvalue weighted by Gasteiger charge is -2.30. The molecule has 4 heteroatoms. The minimum absolute atomic E-state index is 0.0307. The van der Waals surface area contributed by atoms with Gasteiger partial charge >= 0.3 is 5.97 Å². The quantitative estimate of drug-likeness (QED) is 0.734. The molecule has 1 fully saturated rings. The van der Waals surface area contributed by atoms with Crippen LogP contribution in [0.15, 0.2) is 12.2 Å². The Morgan fingerprint density at radius 1 is 1.28 bits per heavy atom. The summed E-state index contributed by atoms with van der Waals surface area (Å²) < 4.78 is 0. The van der Waals surface area contributed by atoms with E-state index in [0.717, 1.165) is 12.8 Å². The number of fused-ring (bicyclic) bond motifs is 2. The van der Waals surface area contributed by atoms with E-state index in [-0.39, 0.29) is 11.8 Å². The molecule has 0 spiro atoms. The number of carboxylic acid groups (broad SMARTS) is 1. The lowest BCUT2D eigenvalue weighted by atomic mass is 9.88. The number of carboxylic acids is 1. The Labute approximate surface area is 107 Å². The molecule has 0 aromatic heterocycles. The van der Waals surface area contributed by atoms with Crippen LogP contribution in [0.2, 0.25) is 0 Å². The molecule has 3 atom stereocenters. The van der Waals surface area contributed by atoms with E-state index in [1.54, 1.807) is 13.8 Å². The van der Waals surface area contributed by atoms with Gasteiger partial charge in [-0.1, -0.05) is 26.0 Å². The van der Waals surface area contributed by atoms with Gasteiger partial charge in [0.2, 0.25) is 5.91 Å². The Kier molecular flexibility index (Phi) is 3.46. The number of amides is 1. The van der Waals surface area contributed by atoms with Gasteiger partial charge in [0, 0.05) is 5.92 Å². The first kappa shape index (κ1) is 13.1. The van der Waals surface area contributed by atoms with Crippen LogP contribution in [0.3, 0.4) is 0 Å². The summed E-state index contributed by atoms with van der Waals surface area (Å²) in [6, 6.07) is 0. The highest BCUT2D eigenvalue weighted by molar-refractivity contribution is 5.88. The first-order chi connectivity index (χ1) is 8.52. The fraction of sp³-hybridized carbons (Fsp3) is 0.714. The molecular formula is C14H21NO3. The van der Waals surface area contributed by atoms with Gasteiger partial charge in [-0.25, -0.2) is 4.79 Å². The van der Waals surface area contributed by atoms with Crippen LogP contribution in [0.5, 0.6) is 0 Å². The third-order valence-corrected chi connectivity index (χ3v) is 4.59. The second-order valence-corrected chi connectivity index (χ2v) is 5.47. The van der Waals surface area contributed by atoms with E-state index in [9.17, 15) is 14.7 Å². The number of aliphatic carboxylic acids is 1. The molecular weight excluding hydrogens is 230 g/mol. The average molecular weight is 251 g/mol. The zero-order chi connectivity index (χ0) is 13.3. The zero-order valence-electron chi connectivity index (χ0n) is 11.0. The summed E-state index contributed by atoms with van der Waals surface area (Å²) in [7, 11) is 0. The van der Waals surface area contributed by atoms with Crippen LogP contribution in [0.4, 0.5) is 0 Å². The molecule has 0 heterocycles. The van der Waals surface area contributed by atoms with Gasteiger partial charge in [-0.2, -0.15) is 0 Å². The van der Waals surface area contributed by atoms with Crippen molar-refractivity contribution in [2.24, 2.45) is 17.8 Å². The minimum Gasteiger partial charge on any atom is -0.480 e. The number of carbonyl (C=O) groups is 2. The first-order valence-corrected chi connectivity index (χ1v) is 6.76. The molecule has 1 saturated carbocycles. The molecule has 0 saturated heterocycles. The predicted octanol–water partition coefficient (Wildman–Crippen LogP) is 1.96. The monoisotopic (exact) mass is 251 g/mol. The van der Waals surface area contributed by atoms with Gasteiger partial charge in [-0.05, 0) is 37.5 Å². The Balaban J connectivity index is 2.06.